The van der Waals surface area contributed by atoms with Gasteiger partial charge >= 0.3 is 5.97 Å². The molecule has 1 fully saturated rings. The first kappa shape index (κ1) is 21.3. The standard InChI is InChI=1S/C18H26N2O6S/c1-14(2)19-17(21)13-26-18(22)8-5-15-3-6-16(7-4-15)27(23,24)20-9-11-25-12-10-20/h3-4,6-7,14H,5,8-13H2,1-2H3,(H,19,21). The van der Waals surface area contributed by atoms with E-state index in [2.05, 4.69) is 5.32 Å². The van der Waals surface area contributed by atoms with Crippen LogP contribution < -0.4 is 5.32 Å². The maximum Gasteiger partial charge on any atom is 0.306 e. The third-order valence-electron chi connectivity index (χ3n) is 3.96. The maximum atomic E-state index is 12.5. The highest BCUT2D eigenvalue weighted by molar-refractivity contribution is 7.89. The monoisotopic (exact) mass is 398 g/mol. The average Bonchev–Trinajstić information content (AvgIpc) is 2.65. The van der Waals surface area contributed by atoms with Gasteiger partial charge in [0.25, 0.3) is 5.91 Å². The molecular formula is C18H26N2O6S. The van der Waals surface area contributed by atoms with Crippen molar-refractivity contribution < 1.29 is 27.5 Å². The second-order valence-electron chi connectivity index (χ2n) is 6.54. The van der Waals surface area contributed by atoms with Crippen molar-refractivity contribution in [3.8, 4) is 0 Å². The average molecular weight is 398 g/mol. The first-order valence-corrected chi connectivity index (χ1v) is 10.3. The Morgan fingerprint density at radius 2 is 1.81 bits per heavy atom. The quantitative estimate of drug-likeness (QED) is 0.647. The highest BCUT2D eigenvalue weighted by Crippen LogP contribution is 2.18. The summed E-state index contributed by atoms with van der Waals surface area (Å²) in [5.74, 6) is -0.810. The summed E-state index contributed by atoms with van der Waals surface area (Å²) in [6.07, 6.45) is 0.521. The number of esters is 1. The van der Waals surface area contributed by atoms with Gasteiger partial charge in [0.05, 0.1) is 18.1 Å². The predicted octanol–water partition coefficient (Wildman–Crippen LogP) is 0.708. The van der Waals surface area contributed by atoms with Crippen LogP contribution in [-0.4, -0.2) is 63.6 Å². The fourth-order valence-corrected chi connectivity index (χ4v) is 4.00. The molecule has 1 heterocycles. The Bertz CT molecular complexity index is 740. The van der Waals surface area contributed by atoms with E-state index in [1.165, 1.54) is 4.31 Å². The number of rotatable bonds is 8. The summed E-state index contributed by atoms with van der Waals surface area (Å²) in [6.45, 7) is 4.84. The molecule has 9 heteroatoms. The van der Waals surface area contributed by atoms with E-state index >= 15 is 0 Å². The molecule has 0 atom stereocenters. The molecule has 1 aromatic carbocycles. The van der Waals surface area contributed by atoms with E-state index in [1.54, 1.807) is 24.3 Å². The number of amides is 1. The van der Waals surface area contributed by atoms with Gasteiger partial charge in [-0.15, -0.1) is 0 Å². The lowest BCUT2D eigenvalue weighted by Crippen LogP contribution is -2.40. The van der Waals surface area contributed by atoms with Crippen molar-refractivity contribution in [3.05, 3.63) is 29.8 Å². The van der Waals surface area contributed by atoms with E-state index in [-0.39, 0.29) is 29.9 Å². The third-order valence-corrected chi connectivity index (χ3v) is 5.88. The van der Waals surface area contributed by atoms with Gasteiger partial charge in [-0.2, -0.15) is 4.31 Å². The fourth-order valence-electron chi connectivity index (χ4n) is 2.59. The summed E-state index contributed by atoms with van der Waals surface area (Å²) in [5, 5.41) is 2.63. The first-order chi connectivity index (χ1) is 12.8. The van der Waals surface area contributed by atoms with Crippen LogP contribution in [0.4, 0.5) is 0 Å². The molecule has 0 aromatic heterocycles. The number of sulfonamides is 1. The van der Waals surface area contributed by atoms with E-state index in [4.69, 9.17) is 9.47 Å². The van der Waals surface area contributed by atoms with Crippen LogP contribution in [0, 0.1) is 0 Å². The molecule has 1 aromatic rings. The summed E-state index contributed by atoms with van der Waals surface area (Å²) in [6, 6.07) is 6.45. The molecule has 27 heavy (non-hydrogen) atoms. The molecule has 1 N–H and O–H groups in total. The van der Waals surface area contributed by atoms with Crippen LogP contribution in [0.15, 0.2) is 29.2 Å². The molecule has 0 saturated carbocycles. The molecule has 0 aliphatic carbocycles. The first-order valence-electron chi connectivity index (χ1n) is 8.91. The summed E-state index contributed by atoms with van der Waals surface area (Å²) in [5.41, 5.74) is 0.819. The van der Waals surface area contributed by atoms with Crippen molar-refractivity contribution in [2.24, 2.45) is 0 Å². The van der Waals surface area contributed by atoms with Crippen molar-refractivity contribution in [2.45, 2.75) is 37.6 Å². The molecule has 0 unspecified atom stereocenters. The van der Waals surface area contributed by atoms with Crippen LogP contribution in [0.5, 0.6) is 0 Å². The van der Waals surface area contributed by atoms with Gasteiger partial charge in [-0.25, -0.2) is 8.42 Å². The summed E-state index contributed by atoms with van der Waals surface area (Å²) < 4.78 is 36.6. The highest BCUT2D eigenvalue weighted by atomic mass is 32.2. The van der Waals surface area contributed by atoms with Crippen molar-refractivity contribution >= 4 is 21.9 Å². The Morgan fingerprint density at radius 1 is 1.19 bits per heavy atom. The number of hydrogen-bond donors (Lipinski definition) is 1. The number of morpholine rings is 1. The zero-order valence-electron chi connectivity index (χ0n) is 15.6. The zero-order chi connectivity index (χ0) is 19.9. The highest BCUT2D eigenvalue weighted by Gasteiger charge is 2.26. The van der Waals surface area contributed by atoms with Gasteiger partial charge in [-0.1, -0.05) is 12.1 Å². The van der Waals surface area contributed by atoms with Crippen molar-refractivity contribution in [1.82, 2.24) is 9.62 Å². The molecule has 2 rings (SSSR count). The van der Waals surface area contributed by atoms with Gasteiger partial charge in [0.1, 0.15) is 0 Å². The molecule has 1 saturated heterocycles. The second kappa shape index (κ2) is 9.82. The van der Waals surface area contributed by atoms with Crippen LogP contribution in [0.1, 0.15) is 25.8 Å². The van der Waals surface area contributed by atoms with Crippen LogP contribution >= 0.6 is 0 Å². The predicted molar refractivity (Wildman–Crippen MR) is 98.6 cm³/mol. The van der Waals surface area contributed by atoms with Crippen molar-refractivity contribution in [2.75, 3.05) is 32.9 Å². The molecule has 1 aliphatic rings. The molecule has 0 bridgehead atoms. The molecule has 150 valence electrons. The van der Waals surface area contributed by atoms with Crippen molar-refractivity contribution in [3.63, 3.8) is 0 Å². The third kappa shape index (κ3) is 6.60. The fraction of sp³-hybridized carbons (Fsp3) is 0.556. The number of hydrogen-bond acceptors (Lipinski definition) is 6. The van der Waals surface area contributed by atoms with Crippen molar-refractivity contribution in [1.29, 1.82) is 0 Å². The van der Waals surface area contributed by atoms with E-state index < -0.39 is 16.0 Å². The molecule has 0 radical (unpaired) electrons. The number of nitrogens with zero attached hydrogens (tertiary/aromatic N) is 1. The number of aryl methyl sites for hydroxylation is 1. The van der Waals surface area contributed by atoms with Gasteiger partial charge in [0.2, 0.25) is 10.0 Å². The van der Waals surface area contributed by atoms with Gasteiger partial charge in [-0.3, -0.25) is 9.59 Å². The SMILES string of the molecule is CC(C)NC(=O)COC(=O)CCc1ccc(S(=O)(=O)N2CCOCC2)cc1. The second-order valence-corrected chi connectivity index (χ2v) is 8.48. The molecular weight excluding hydrogens is 372 g/mol. The Kier molecular flexibility index (Phi) is 7.76. The smallest absolute Gasteiger partial charge is 0.306 e. The van der Waals surface area contributed by atoms with Crippen LogP contribution in [-0.2, 0) is 35.5 Å². The minimum absolute atomic E-state index is 0.0107. The van der Waals surface area contributed by atoms with Crippen LogP contribution in [0.25, 0.3) is 0 Å². The molecule has 0 spiro atoms. The number of nitrogens with one attached hydrogen (secondary N) is 1. The van der Waals surface area contributed by atoms with Gasteiger partial charge in [0, 0.05) is 25.6 Å². The summed E-state index contributed by atoms with van der Waals surface area (Å²) >= 11 is 0. The van der Waals surface area contributed by atoms with Gasteiger partial charge in [-0.05, 0) is 38.0 Å². The molecule has 8 nitrogen and oxygen atoms in total. The van der Waals surface area contributed by atoms with E-state index in [0.717, 1.165) is 5.56 Å². The lowest BCUT2D eigenvalue weighted by Gasteiger charge is -2.26. The Labute approximate surface area is 159 Å². The zero-order valence-corrected chi connectivity index (χ0v) is 16.5. The van der Waals surface area contributed by atoms with Crippen LogP contribution in [0.3, 0.4) is 0 Å². The lowest BCUT2D eigenvalue weighted by molar-refractivity contribution is -0.148. The van der Waals surface area contributed by atoms with Gasteiger partial charge in [0.15, 0.2) is 6.61 Å². The largest absolute Gasteiger partial charge is 0.456 e. The molecule has 1 amide bonds. The van der Waals surface area contributed by atoms with Gasteiger partial charge < -0.3 is 14.8 Å². The normalized spacial score (nSPS) is 15.5. The Balaban J connectivity index is 1.83. The number of ether oxygens (including phenoxy) is 2. The minimum atomic E-state index is -3.52. The Morgan fingerprint density at radius 3 is 2.41 bits per heavy atom. The Hall–Kier alpha value is -1.97. The van der Waals surface area contributed by atoms with E-state index in [1.807, 2.05) is 13.8 Å². The number of carbonyl (C=O) groups excluding carboxylic acids is 2. The lowest BCUT2D eigenvalue weighted by atomic mass is 10.1. The molecule has 1 aliphatic heterocycles. The van der Waals surface area contributed by atoms with E-state index in [9.17, 15) is 18.0 Å². The van der Waals surface area contributed by atoms with E-state index in [0.29, 0.717) is 32.7 Å². The van der Waals surface area contributed by atoms with Crippen LogP contribution in [0.2, 0.25) is 0 Å². The number of carbonyl (C=O) groups is 2. The summed E-state index contributed by atoms with van der Waals surface area (Å²) in [4.78, 5) is 23.4. The maximum absolute atomic E-state index is 12.5. The summed E-state index contributed by atoms with van der Waals surface area (Å²) in [7, 11) is -3.52. The number of benzene rings is 1. The topological polar surface area (TPSA) is 102 Å². The minimum Gasteiger partial charge on any atom is -0.456 e.